The van der Waals surface area contributed by atoms with E-state index in [1.807, 2.05) is 24.3 Å². The summed E-state index contributed by atoms with van der Waals surface area (Å²) >= 11 is 6.40. The van der Waals surface area contributed by atoms with E-state index in [2.05, 4.69) is 33.2 Å². The van der Waals surface area contributed by atoms with Crippen LogP contribution >= 0.6 is 11.6 Å². The molecule has 2 aliphatic heterocycles. The maximum absolute atomic E-state index is 10.0. The number of hydrogen-bond donors (Lipinski definition) is 1. The van der Waals surface area contributed by atoms with Crippen molar-refractivity contribution in [1.82, 2.24) is 14.8 Å². The molecule has 0 atom stereocenters. The third-order valence-corrected chi connectivity index (χ3v) is 7.78. The SMILES string of the molecule is CN1CCN(CCOc2cc(OC3CCOCC3)c3c(Nc4cc(Cl)cc5occc45)c(C#N)cnc3c2)CC1. The first-order valence-corrected chi connectivity index (χ1v) is 14.0. The first-order chi connectivity index (χ1) is 19.6. The number of nitrogens with one attached hydrogen (secondary N) is 1. The van der Waals surface area contributed by atoms with Crippen molar-refractivity contribution >= 4 is 44.8 Å². The Labute approximate surface area is 238 Å². The number of halogens is 1. The molecule has 4 heterocycles. The van der Waals surface area contributed by atoms with Crippen LogP contribution in [0, 0.1) is 11.3 Å². The molecule has 10 heteroatoms. The summed E-state index contributed by atoms with van der Waals surface area (Å²) in [6.45, 7) is 6.93. The minimum absolute atomic E-state index is 0.0112. The summed E-state index contributed by atoms with van der Waals surface area (Å²) in [6, 6.07) is 11.6. The van der Waals surface area contributed by atoms with E-state index in [0.29, 0.717) is 64.1 Å². The van der Waals surface area contributed by atoms with Gasteiger partial charge in [-0.3, -0.25) is 9.88 Å². The highest BCUT2D eigenvalue weighted by atomic mass is 35.5. The van der Waals surface area contributed by atoms with Crippen LogP contribution in [0.2, 0.25) is 5.02 Å². The van der Waals surface area contributed by atoms with E-state index in [4.69, 9.17) is 30.2 Å². The van der Waals surface area contributed by atoms with Crippen LogP contribution in [0.5, 0.6) is 11.5 Å². The molecule has 0 amide bonds. The summed E-state index contributed by atoms with van der Waals surface area (Å²) in [7, 11) is 2.15. The smallest absolute Gasteiger partial charge is 0.137 e. The van der Waals surface area contributed by atoms with Crippen LogP contribution in [0.4, 0.5) is 11.4 Å². The number of rotatable bonds is 8. The van der Waals surface area contributed by atoms with Gasteiger partial charge >= 0.3 is 0 Å². The topological polar surface area (TPSA) is 96.0 Å². The van der Waals surface area contributed by atoms with E-state index in [9.17, 15) is 5.26 Å². The largest absolute Gasteiger partial charge is 0.492 e. The second-order valence-corrected chi connectivity index (χ2v) is 10.7. The van der Waals surface area contributed by atoms with Crippen molar-refractivity contribution in [3.8, 4) is 17.6 Å². The minimum Gasteiger partial charge on any atom is -0.492 e. The van der Waals surface area contributed by atoms with Crippen molar-refractivity contribution in [3.63, 3.8) is 0 Å². The van der Waals surface area contributed by atoms with Crippen LogP contribution in [0.1, 0.15) is 18.4 Å². The summed E-state index contributed by atoms with van der Waals surface area (Å²) in [6.07, 6.45) is 4.76. The molecular weight excluding hydrogens is 530 g/mol. The van der Waals surface area contributed by atoms with Crippen molar-refractivity contribution in [3.05, 3.63) is 53.4 Å². The predicted molar refractivity (Wildman–Crippen MR) is 155 cm³/mol. The Morgan fingerprint density at radius 2 is 1.98 bits per heavy atom. The Kier molecular flexibility index (Phi) is 7.93. The molecular formula is C30H32ClN5O4. The number of anilines is 2. The summed E-state index contributed by atoms with van der Waals surface area (Å²) in [5.74, 6) is 1.31. The third-order valence-electron chi connectivity index (χ3n) is 7.56. The first-order valence-electron chi connectivity index (χ1n) is 13.7. The molecule has 2 aromatic heterocycles. The number of benzene rings is 2. The summed E-state index contributed by atoms with van der Waals surface area (Å²) in [5, 5.41) is 15.6. The molecule has 0 spiro atoms. The molecule has 0 bridgehead atoms. The average Bonchev–Trinajstić information content (AvgIpc) is 3.43. The fraction of sp³-hybridized carbons (Fsp3) is 0.400. The van der Waals surface area contributed by atoms with Gasteiger partial charge in [0.15, 0.2) is 0 Å². The van der Waals surface area contributed by atoms with Crippen molar-refractivity contribution in [2.45, 2.75) is 18.9 Å². The van der Waals surface area contributed by atoms with Gasteiger partial charge in [0.2, 0.25) is 0 Å². The van der Waals surface area contributed by atoms with Crippen molar-refractivity contribution in [1.29, 1.82) is 5.26 Å². The van der Waals surface area contributed by atoms with Crippen LogP contribution < -0.4 is 14.8 Å². The lowest BCUT2D eigenvalue weighted by Crippen LogP contribution is -2.45. The number of nitriles is 1. The monoisotopic (exact) mass is 561 g/mol. The van der Waals surface area contributed by atoms with Gasteiger partial charge < -0.3 is 28.8 Å². The molecule has 9 nitrogen and oxygen atoms in total. The van der Waals surface area contributed by atoms with E-state index in [-0.39, 0.29) is 6.10 Å². The van der Waals surface area contributed by atoms with Crippen molar-refractivity contribution < 1.29 is 18.6 Å². The number of furan rings is 1. The van der Waals surface area contributed by atoms with Gasteiger partial charge in [-0.05, 0) is 19.2 Å². The van der Waals surface area contributed by atoms with Crippen LogP contribution in [0.3, 0.4) is 0 Å². The molecule has 0 radical (unpaired) electrons. The molecule has 208 valence electrons. The van der Waals surface area contributed by atoms with E-state index in [1.54, 1.807) is 18.5 Å². The third kappa shape index (κ3) is 5.81. The quantitative estimate of drug-likeness (QED) is 0.302. The zero-order chi connectivity index (χ0) is 27.5. The Morgan fingerprint density at radius 3 is 2.77 bits per heavy atom. The van der Waals surface area contributed by atoms with Gasteiger partial charge in [0, 0.05) is 80.4 Å². The highest BCUT2D eigenvalue weighted by molar-refractivity contribution is 6.31. The van der Waals surface area contributed by atoms with Crippen molar-refractivity contribution in [2.24, 2.45) is 0 Å². The fourth-order valence-electron chi connectivity index (χ4n) is 5.27. The number of pyridine rings is 1. The normalized spacial score (nSPS) is 17.2. The van der Waals surface area contributed by atoms with E-state index in [0.717, 1.165) is 56.6 Å². The molecule has 2 fully saturated rings. The first kappa shape index (κ1) is 26.7. The number of aromatic nitrogens is 1. The van der Waals surface area contributed by atoms with Gasteiger partial charge in [-0.2, -0.15) is 5.26 Å². The lowest BCUT2D eigenvalue weighted by molar-refractivity contribution is 0.0261. The number of fused-ring (bicyclic) bond motifs is 2. The Morgan fingerprint density at radius 1 is 1.15 bits per heavy atom. The zero-order valence-electron chi connectivity index (χ0n) is 22.5. The molecule has 2 aliphatic rings. The van der Waals surface area contributed by atoms with Gasteiger partial charge in [0.05, 0.1) is 47.3 Å². The van der Waals surface area contributed by atoms with Gasteiger partial charge in [-0.15, -0.1) is 0 Å². The number of ether oxygens (including phenoxy) is 3. The number of hydrogen-bond acceptors (Lipinski definition) is 9. The van der Waals surface area contributed by atoms with E-state index in [1.165, 1.54) is 0 Å². The predicted octanol–water partition coefficient (Wildman–Crippen LogP) is 5.43. The van der Waals surface area contributed by atoms with Crippen LogP contribution in [-0.2, 0) is 4.74 Å². The van der Waals surface area contributed by atoms with Gasteiger partial charge in [0.1, 0.15) is 35.9 Å². The Balaban J connectivity index is 1.36. The van der Waals surface area contributed by atoms with E-state index < -0.39 is 0 Å². The molecule has 1 N–H and O–H groups in total. The summed E-state index contributed by atoms with van der Waals surface area (Å²) in [5.41, 5.74) is 3.05. The fourth-order valence-corrected chi connectivity index (χ4v) is 5.48. The number of piperazine rings is 1. The second kappa shape index (κ2) is 11.9. The number of nitrogens with zero attached hydrogens (tertiary/aromatic N) is 4. The standard InChI is InChI=1S/C30H32ClN5O4/c1-35-5-7-36(8-6-35)9-13-38-23-16-26-29(28(17-23)40-22-2-10-37-11-3-22)30(20(18-32)19-33-26)34-25-14-21(31)15-27-24(25)4-12-39-27/h4,12,14-17,19,22H,2-3,5-11,13H2,1H3,(H,33,34). The minimum atomic E-state index is -0.0112. The highest BCUT2D eigenvalue weighted by Gasteiger charge is 2.22. The number of likely N-dealkylation sites (N-methyl/N-ethyl adjacent to an activating group) is 1. The maximum atomic E-state index is 10.0. The van der Waals surface area contributed by atoms with Gasteiger partial charge in [-0.25, -0.2) is 0 Å². The molecule has 0 saturated carbocycles. The van der Waals surface area contributed by atoms with Crippen LogP contribution in [0.15, 0.2) is 47.2 Å². The Bertz CT molecular complexity index is 1540. The molecule has 40 heavy (non-hydrogen) atoms. The maximum Gasteiger partial charge on any atom is 0.137 e. The van der Waals surface area contributed by atoms with E-state index >= 15 is 0 Å². The summed E-state index contributed by atoms with van der Waals surface area (Å²) < 4.78 is 24.0. The molecule has 2 saturated heterocycles. The lowest BCUT2D eigenvalue weighted by atomic mass is 10.1. The van der Waals surface area contributed by atoms with Crippen LogP contribution in [-0.4, -0.2) is 80.5 Å². The zero-order valence-corrected chi connectivity index (χ0v) is 23.2. The molecule has 4 aromatic rings. The molecule has 0 aliphatic carbocycles. The average molecular weight is 562 g/mol. The van der Waals surface area contributed by atoms with Crippen molar-refractivity contribution in [2.75, 3.05) is 64.9 Å². The van der Waals surface area contributed by atoms with Gasteiger partial charge in [0.25, 0.3) is 0 Å². The Hall–Kier alpha value is -3.55. The molecule has 2 aromatic carbocycles. The van der Waals surface area contributed by atoms with Gasteiger partial charge in [-0.1, -0.05) is 11.6 Å². The second-order valence-electron chi connectivity index (χ2n) is 10.3. The molecule has 0 unspecified atom stereocenters. The highest BCUT2D eigenvalue weighted by Crippen LogP contribution is 2.41. The lowest BCUT2D eigenvalue weighted by Gasteiger charge is -2.32. The summed E-state index contributed by atoms with van der Waals surface area (Å²) in [4.78, 5) is 9.40. The molecule has 6 rings (SSSR count). The van der Waals surface area contributed by atoms with Crippen LogP contribution in [0.25, 0.3) is 21.9 Å².